The first kappa shape index (κ1) is 3.33. The maximum Gasteiger partial charge on any atom is 0.249 e. The van der Waals surface area contributed by atoms with Crippen molar-refractivity contribution < 1.29 is 4.74 Å². The second-order valence-corrected chi connectivity index (χ2v) is 0.761. The lowest BCUT2D eigenvalue weighted by Gasteiger charge is -1.91. The van der Waals surface area contributed by atoms with Crippen molar-refractivity contribution in [3.63, 3.8) is 0 Å². The Morgan fingerprint density at radius 1 is 1.33 bits per heavy atom. The molecule has 1 radical (unpaired) electrons. The molecular weight excluding hydrogens is 80.0 g/mol. The molecule has 0 amide bonds. The molecular formula is C3H3N2O. The van der Waals surface area contributed by atoms with E-state index in [4.69, 9.17) is 0 Å². The Bertz CT molecular complexity index is 74.8. The third kappa shape index (κ3) is 0.544. The van der Waals surface area contributed by atoms with Crippen LogP contribution in [0, 0.1) is 6.73 Å². The highest BCUT2D eigenvalue weighted by molar-refractivity contribution is 5.69. The van der Waals surface area contributed by atoms with Crippen molar-refractivity contribution >= 4 is 12.7 Å². The molecule has 0 bridgehead atoms. The Morgan fingerprint density at radius 3 is 2.50 bits per heavy atom. The van der Waals surface area contributed by atoms with E-state index in [0.717, 1.165) is 0 Å². The molecule has 0 N–H and O–H groups in total. The van der Waals surface area contributed by atoms with Crippen LogP contribution in [0.3, 0.4) is 0 Å². The largest absolute Gasteiger partial charge is 0.452 e. The molecule has 0 aromatic carbocycles. The van der Waals surface area contributed by atoms with Gasteiger partial charge < -0.3 is 4.74 Å². The van der Waals surface area contributed by atoms with E-state index >= 15 is 0 Å². The van der Waals surface area contributed by atoms with Gasteiger partial charge in [-0.25, -0.2) is 9.98 Å². The molecule has 0 atom stereocenters. The van der Waals surface area contributed by atoms with Gasteiger partial charge in [-0.05, 0) is 0 Å². The summed E-state index contributed by atoms with van der Waals surface area (Å²) in [6, 6.07) is 0. The van der Waals surface area contributed by atoms with Crippen molar-refractivity contribution in [2.45, 2.75) is 0 Å². The molecule has 3 nitrogen and oxygen atoms in total. The lowest BCUT2D eigenvalue weighted by Crippen LogP contribution is -1.86. The molecule has 0 unspecified atom stereocenters. The van der Waals surface area contributed by atoms with Gasteiger partial charge >= 0.3 is 0 Å². The minimum absolute atomic E-state index is 1.31. The third-order valence-corrected chi connectivity index (χ3v) is 0.377. The summed E-state index contributed by atoms with van der Waals surface area (Å²) in [5.74, 6) is 0. The van der Waals surface area contributed by atoms with Crippen LogP contribution in [0.1, 0.15) is 0 Å². The van der Waals surface area contributed by atoms with Gasteiger partial charge in [-0.1, -0.05) is 0 Å². The van der Waals surface area contributed by atoms with E-state index < -0.39 is 0 Å². The Labute approximate surface area is 35.4 Å². The Morgan fingerprint density at radius 2 is 2.33 bits per heavy atom. The first-order chi connectivity index (χ1) is 3.00. The first-order valence-corrected chi connectivity index (χ1v) is 1.50. The van der Waals surface area contributed by atoms with Crippen LogP contribution in [-0.2, 0) is 4.74 Å². The number of nitrogens with zero attached hydrogens (tertiary/aromatic N) is 2. The summed E-state index contributed by atoms with van der Waals surface area (Å²) in [6.07, 6.45) is 2.72. The SMILES string of the molecule is [CH]1N=CN=CO1. The summed E-state index contributed by atoms with van der Waals surface area (Å²) >= 11 is 0. The minimum atomic E-state index is 1.31. The van der Waals surface area contributed by atoms with Gasteiger partial charge in [-0.15, -0.1) is 0 Å². The molecule has 0 aromatic rings. The summed E-state index contributed by atoms with van der Waals surface area (Å²) in [6.45, 7) is 1.31. The molecule has 0 fully saturated rings. The van der Waals surface area contributed by atoms with E-state index in [1.807, 2.05) is 0 Å². The molecule has 3 heteroatoms. The molecule has 6 heavy (non-hydrogen) atoms. The zero-order valence-electron chi connectivity index (χ0n) is 3.03. The smallest absolute Gasteiger partial charge is 0.249 e. The Hall–Kier alpha value is -0.860. The Kier molecular flexibility index (Phi) is 0.859. The molecule has 0 aromatic heterocycles. The van der Waals surface area contributed by atoms with E-state index in [1.54, 1.807) is 0 Å². The standard InChI is InChI=1S/C3H3N2O/c1-4-2-6-3-5-1/h1-3H. The van der Waals surface area contributed by atoms with Gasteiger partial charge in [-0.3, -0.25) is 0 Å². The van der Waals surface area contributed by atoms with Crippen LogP contribution in [-0.4, -0.2) is 12.7 Å². The van der Waals surface area contributed by atoms with Gasteiger partial charge in [-0.2, -0.15) is 0 Å². The highest BCUT2D eigenvalue weighted by Gasteiger charge is 1.78. The number of rotatable bonds is 0. The molecule has 1 rings (SSSR count). The van der Waals surface area contributed by atoms with E-state index in [1.165, 1.54) is 19.5 Å². The molecule has 1 aliphatic heterocycles. The minimum Gasteiger partial charge on any atom is -0.452 e. The van der Waals surface area contributed by atoms with Gasteiger partial charge in [0.15, 0.2) is 6.40 Å². The average molecular weight is 83.1 g/mol. The lowest BCUT2D eigenvalue weighted by molar-refractivity contribution is 0.413. The maximum absolute atomic E-state index is 4.45. The van der Waals surface area contributed by atoms with Crippen LogP contribution in [0.2, 0.25) is 0 Å². The van der Waals surface area contributed by atoms with Gasteiger partial charge in [0, 0.05) is 0 Å². The zero-order chi connectivity index (χ0) is 4.24. The van der Waals surface area contributed by atoms with Crippen LogP contribution >= 0.6 is 0 Å². The fourth-order valence-electron chi connectivity index (χ4n) is 0.190. The van der Waals surface area contributed by atoms with Crippen LogP contribution in [0.25, 0.3) is 0 Å². The van der Waals surface area contributed by atoms with Crippen molar-refractivity contribution in [3.05, 3.63) is 6.73 Å². The average Bonchev–Trinajstić information content (AvgIpc) is 1.72. The van der Waals surface area contributed by atoms with Gasteiger partial charge in [0.2, 0.25) is 6.73 Å². The lowest BCUT2D eigenvalue weighted by atomic mass is 11.1. The first-order valence-electron chi connectivity index (χ1n) is 1.50. The second-order valence-electron chi connectivity index (χ2n) is 0.761. The highest BCUT2D eigenvalue weighted by atomic mass is 16.5. The van der Waals surface area contributed by atoms with Crippen molar-refractivity contribution in [2.24, 2.45) is 9.98 Å². The summed E-state index contributed by atoms with van der Waals surface area (Å²) in [5, 5.41) is 0. The van der Waals surface area contributed by atoms with Crippen molar-refractivity contribution in [3.8, 4) is 0 Å². The molecule has 31 valence electrons. The number of hydrogen-bond donors (Lipinski definition) is 0. The number of aliphatic imine (C=N–C) groups is 2. The van der Waals surface area contributed by atoms with Gasteiger partial charge in [0.25, 0.3) is 0 Å². The monoisotopic (exact) mass is 83.0 g/mol. The normalized spacial score (nSPS) is 17.3. The van der Waals surface area contributed by atoms with E-state index in [0.29, 0.717) is 0 Å². The van der Waals surface area contributed by atoms with Crippen LogP contribution < -0.4 is 0 Å². The van der Waals surface area contributed by atoms with Crippen molar-refractivity contribution in [1.82, 2.24) is 0 Å². The van der Waals surface area contributed by atoms with Gasteiger partial charge in [0.1, 0.15) is 6.34 Å². The fourth-order valence-corrected chi connectivity index (χ4v) is 0.190. The van der Waals surface area contributed by atoms with Crippen LogP contribution in [0.5, 0.6) is 0 Å². The number of ether oxygens (including phenoxy) is 1. The Balaban J connectivity index is 2.46. The highest BCUT2D eigenvalue weighted by Crippen LogP contribution is 1.82. The predicted octanol–water partition coefficient (Wildman–Crippen LogP) is 0.192. The summed E-state index contributed by atoms with van der Waals surface area (Å²) in [4.78, 5) is 7.01. The summed E-state index contributed by atoms with van der Waals surface area (Å²) in [5.41, 5.74) is 0. The molecule has 0 spiro atoms. The van der Waals surface area contributed by atoms with E-state index in [2.05, 4.69) is 14.7 Å². The van der Waals surface area contributed by atoms with Crippen LogP contribution in [0.4, 0.5) is 0 Å². The van der Waals surface area contributed by atoms with E-state index in [-0.39, 0.29) is 0 Å². The summed E-state index contributed by atoms with van der Waals surface area (Å²) < 4.78 is 4.45. The molecule has 1 heterocycles. The second kappa shape index (κ2) is 1.55. The molecule has 0 aliphatic carbocycles. The van der Waals surface area contributed by atoms with E-state index in [9.17, 15) is 0 Å². The predicted molar refractivity (Wildman–Crippen MR) is 22.4 cm³/mol. The fraction of sp³-hybridized carbons (Fsp3) is 0. The zero-order valence-corrected chi connectivity index (χ0v) is 3.03. The maximum atomic E-state index is 4.45. The molecule has 0 saturated heterocycles. The van der Waals surface area contributed by atoms with Gasteiger partial charge in [0.05, 0.1) is 0 Å². The quantitative estimate of drug-likeness (QED) is 0.411. The van der Waals surface area contributed by atoms with Crippen LogP contribution in [0.15, 0.2) is 9.98 Å². The third-order valence-electron chi connectivity index (χ3n) is 0.377. The van der Waals surface area contributed by atoms with Crippen molar-refractivity contribution in [1.29, 1.82) is 0 Å². The number of hydrogen-bond acceptors (Lipinski definition) is 3. The molecule has 1 aliphatic rings. The summed E-state index contributed by atoms with van der Waals surface area (Å²) in [7, 11) is 0. The van der Waals surface area contributed by atoms with Crippen molar-refractivity contribution in [2.75, 3.05) is 0 Å². The molecule has 0 saturated carbocycles. The topological polar surface area (TPSA) is 34.0 Å².